The van der Waals surface area contributed by atoms with Gasteiger partial charge in [-0.15, -0.1) is 0 Å². The van der Waals surface area contributed by atoms with E-state index in [1.54, 1.807) is 13.8 Å². The molecule has 0 fully saturated rings. The Morgan fingerprint density at radius 1 is 0.531 bits per heavy atom. The maximum absolute atomic E-state index is 13.6. The van der Waals surface area contributed by atoms with Crippen LogP contribution in [0.25, 0.3) is 0 Å². The van der Waals surface area contributed by atoms with Gasteiger partial charge in [0.25, 0.3) is 0 Å². The summed E-state index contributed by atoms with van der Waals surface area (Å²) in [5.41, 5.74) is 0. The van der Waals surface area contributed by atoms with Crippen LogP contribution in [-0.2, 0) is 24.0 Å². The van der Waals surface area contributed by atoms with Crippen molar-refractivity contribution in [2.24, 2.45) is 29.6 Å². The highest BCUT2D eigenvalue weighted by atomic mass is 16.4. The molecule has 0 saturated carbocycles. The van der Waals surface area contributed by atoms with Crippen LogP contribution in [0.4, 0.5) is 0 Å². The van der Waals surface area contributed by atoms with Crippen molar-refractivity contribution < 1.29 is 44.4 Å². The minimum absolute atomic E-state index is 0.0450. The average molecular weight is 702 g/mol. The van der Waals surface area contributed by atoms with E-state index >= 15 is 0 Å². The molecule has 0 aromatic rings. The van der Waals surface area contributed by atoms with Crippen molar-refractivity contribution in [2.75, 3.05) is 0 Å². The molecule has 0 heterocycles. The summed E-state index contributed by atoms with van der Waals surface area (Å²) in [6.07, 6.45) is -3.32. The monoisotopic (exact) mass is 701 g/mol. The van der Waals surface area contributed by atoms with Gasteiger partial charge < -0.3 is 41.7 Å². The molecule has 8 atom stereocenters. The van der Waals surface area contributed by atoms with E-state index in [1.165, 1.54) is 6.92 Å². The molecule has 0 aromatic heterocycles. The number of nitrogens with one attached hydrogen (secondary N) is 5. The van der Waals surface area contributed by atoms with E-state index in [4.69, 9.17) is 5.11 Å². The second-order valence-corrected chi connectivity index (χ2v) is 15.4. The van der Waals surface area contributed by atoms with Crippen LogP contribution in [0.5, 0.6) is 0 Å². The average Bonchev–Trinajstić information content (AvgIpc) is 2.92. The highest BCUT2D eigenvalue weighted by molar-refractivity contribution is 5.92. The fourth-order valence-corrected chi connectivity index (χ4v) is 5.48. The first-order chi connectivity index (χ1) is 22.5. The molecule has 49 heavy (non-hydrogen) atoms. The quantitative estimate of drug-likeness (QED) is 0.0662. The predicted molar refractivity (Wildman–Crippen MR) is 188 cm³/mol. The van der Waals surface area contributed by atoms with E-state index in [2.05, 4.69) is 26.6 Å². The molecule has 14 nitrogen and oxygen atoms in total. The lowest BCUT2D eigenvalue weighted by Crippen LogP contribution is -2.58. The molecule has 8 unspecified atom stereocenters. The Hall–Kier alpha value is -2.81. The number of aliphatic hydroxyl groups is 3. The number of hydrogen-bond donors (Lipinski definition) is 9. The van der Waals surface area contributed by atoms with E-state index in [0.29, 0.717) is 19.3 Å². The smallest absolute Gasteiger partial charge is 0.306 e. The van der Waals surface area contributed by atoms with Gasteiger partial charge in [0.1, 0.15) is 18.3 Å². The summed E-state index contributed by atoms with van der Waals surface area (Å²) < 4.78 is 0. The second-order valence-electron chi connectivity index (χ2n) is 15.4. The number of carbonyl (C=O) groups excluding carboxylic acids is 4. The molecular weight excluding hydrogens is 634 g/mol. The zero-order valence-electron chi connectivity index (χ0n) is 31.6. The Kier molecular flexibility index (Phi) is 21.5. The van der Waals surface area contributed by atoms with Gasteiger partial charge in [0.05, 0.1) is 36.8 Å². The topological polar surface area (TPSA) is 226 Å². The summed E-state index contributed by atoms with van der Waals surface area (Å²) in [4.78, 5) is 63.4. The number of carboxylic acid groups (broad SMARTS) is 1. The van der Waals surface area contributed by atoms with Crippen LogP contribution >= 0.6 is 0 Å². The number of rotatable bonds is 24. The van der Waals surface area contributed by atoms with Gasteiger partial charge >= 0.3 is 5.97 Å². The molecule has 0 rings (SSSR count). The second kappa shape index (κ2) is 22.8. The predicted octanol–water partition coefficient (Wildman–Crippen LogP) is 1.65. The van der Waals surface area contributed by atoms with Crippen LogP contribution < -0.4 is 26.6 Å². The summed E-state index contributed by atoms with van der Waals surface area (Å²) >= 11 is 0. The molecule has 0 aliphatic heterocycles. The molecule has 0 spiro atoms. The summed E-state index contributed by atoms with van der Waals surface area (Å²) in [6, 6.07) is -4.36. The third-order valence-corrected chi connectivity index (χ3v) is 7.92. The molecule has 0 aromatic carbocycles. The van der Waals surface area contributed by atoms with Gasteiger partial charge in [-0.1, -0.05) is 69.2 Å². The van der Waals surface area contributed by atoms with Crippen LogP contribution in [0.15, 0.2) is 0 Å². The first-order valence-electron chi connectivity index (χ1n) is 17.8. The zero-order chi connectivity index (χ0) is 38.2. The van der Waals surface area contributed by atoms with E-state index in [1.807, 2.05) is 55.4 Å². The number of hydrogen-bond acceptors (Lipinski definition) is 9. The van der Waals surface area contributed by atoms with Gasteiger partial charge in [0.2, 0.25) is 23.6 Å². The Balaban J connectivity index is 5.64. The first kappa shape index (κ1) is 46.2. The number of carboxylic acids is 1. The van der Waals surface area contributed by atoms with Crippen LogP contribution in [-0.4, -0.2) is 98.7 Å². The van der Waals surface area contributed by atoms with Crippen molar-refractivity contribution in [3.63, 3.8) is 0 Å². The van der Waals surface area contributed by atoms with E-state index in [0.717, 1.165) is 0 Å². The van der Waals surface area contributed by atoms with Crippen molar-refractivity contribution in [2.45, 2.75) is 163 Å². The third-order valence-electron chi connectivity index (χ3n) is 7.92. The standard InChI is InChI=1S/C35H67N5O9/c1-18(2)12-24(27(41)16-30(44)36-23(11)33(47)38-25(13-19(3)4)28(42)17-31(45)46)39-35(49)32(22(9)10)40-34(48)26(14-20(5)6)37-29(43)15-21(7)8/h18-28,30,32,36,41-42,44H,12-17H2,1-11H3,(H,37,43)(H,38,47)(H,39,49)(H,40,48)(H,45,46). The Bertz CT molecular complexity index is 1040. The van der Waals surface area contributed by atoms with Gasteiger partial charge in [0, 0.05) is 12.8 Å². The molecule has 0 bridgehead atoms. The molecule has 14 heteroatoms. The third kappa shape index (κ3) is 19.8. The van der Waals surface area contributed by atoms with Crippen LogP contribution in [0.1, 0.15) is 115 Å². The highest BCUT2D eigenvalue weighted by Gasteiger charge is 2.33. The van der Waals surface area contributed by atoms with Gasteiger partial charge in [-0.25, -0.2) is 0 Å². The van der Waals surface area contributed by atoms with Crippen molar-refractivity contribution in [3.8, 4) is 0 Å². The molecule has 0 aliphatic rings. The van der Waals surface area contributed by atoms with E-state index < -0.39 is 78.8 Å². The fraction of sp³-hybridized carbons (Fsp3) is 0.857. The van der Waals surface area contributed by atoms with Crippen LogP contribution in [0.3, 0.4) is 0 Å². The molecule has 0 saturated heterocycles. The SMILES string of the molecule is CC(C)CC(=O)NC(CC(C)C)C(=O)NC(C(=O)NC(CC(C)C)C(O)CC(O)NC(C)C(=O)NC(CC(C)C)C(O)CC(=O)O)C(C)C. The molecule has 0 radical (unpaired) electrons. The number of aliphatic hydroxyl groups excluding tert-OH is 3. The molecule has 4 amide bonds. The number of carbonyl (C=O) groups is 5. The van der Waals surface area contributed by atoms with Crippen LogP contribution in [0, 0.1) is 29.6 Å². The van der Waals surface area contributed by atoms with Crippen molar-refractivity contribution in [1.82, 2.24) is 26.6 Å². The molecule has 286 valence electrons. The maximum atomic E-state index is 13.6. The largest absolute Gasteiger partial charge is 0.481 e. The van der Waals surface area contributed by atoms with E-state index in [-0.39, 0.29) is 48.3 Å². The summed E-state index contributed by atoms with van der Waals surface area (Å²) in [5.74, 6) is -3.00. The Morgan fingerprint density at radius 3 is 1.47 bits per heavy atom. The lowest BCUT2D eigenvalue weighted by Gasteiger charge is -2.32. The van der Waals surface area contributed by atoms with Gasteiger partial charge in [-0.05, 0) is 55.8 Å². The molecule has 9 N–H and O–H groups in total. The summed E-state index contributed by atoms with van der Waals surface area (Å²) in [6.45, 7) is 20.3. The first-order valence-corrected chi connectivity index (χ1v) is 17.8. The lowest BCUT2D eigenvalue weighted by atomic mass is 9.95. The van der Waals surface area contributed by atoms with Gasteiger partial charge in [-0.3, -0.25) is 29.3 Å². The lowest BCUT2D eigenvalue weighted by molar-refractivity contribution is -0.140. The minimum atomic E-state index is -1.36. The number of aliphatic carboxylic acids is 1. The van der Waals surface area contributed by atoms with Crippen LogP contribution in [0.2, 0.25) is 0 Å². The van der Waals surface area contributed by atoms with Crippen molar-refractivity contribution in [3.05, 3.63) is 0 Å². The molecular formula is C35H67N5O9. The van der Waals surface area contributed by atoms with Gasteiger partial charge in [-0.2, -0.15) is 0 Å². The normalized spacial score (nSPS) is 16.9. The van der Waals surface area contributed by atoms with E-state index in [9.17, 15) is 39.3 Å². The Morgan fingerprint density at radius 2 is 1.02 bits per heavy atom. The molecule has 0 aliphatic carbocycles. The summed E-state index contributed by atoms with van der Waals surface area (Å²) in [7, 11) is 0. The zero-order valence-corrected chi connectivity index (χ0v) is 31.6. The van der Waals surface area contributed by atoms with Crippen molar-refractivity contribution in [1.29, 1.82) is 0 Å². The maximum Gasteiger partial charge on any atom is 0.306 e. The minimum Gasteiger partial charge on any atom is -0.481 e. The van der Waals surface area contributed by atoms with Gasteiger partial charge in [0.15, 0.2) is 0 Å². The fourth-order valence-electron chi connectivity index (χ4n) is 5.48. The number of amides is 4. The summed E-state index contributed by atoms with van der Waals surface area (Å²) in [5, 5.41) is 55.1. The Labute approximate surface area is 293 Å². The highest BCUT2D eigenvalue weighted by Crippen LogP contribution is 2.16. The van der Waals surface area contributed by atoms with Crippen molar-refractivity contribution >= 4 is 29.6 Å².